The summed E-state index contributed by atoms with van der Waals surface area (Å²) in [6, 6.07) is 13.6. The summed E-state index contributed by atoms with van der Waals surface area (Å²) in [5, 5.41) is 9.61. The van der Waals surface area contributed by atoms with E-state index in [1.54, 1.807) is 0 Å². The highest BCUT2D eigenvalue weighted by Gasteiger charge is 2.41. The van der Waals surface area contributed by atoms with E-state index in [1.807, 2.05) is 21.6 Å². The first-order valence-electron chi connectivity index (χ1n) is 13.7. The van der Waals surface area contributed by atoms with Gasteiger partial charge in [-0.1, -0.05) is 75.3 Å². The van der Waals surface area contributed by atoms with Gasteiger partial charge in [-0.15, -0.1) is 10.3 Å². The molecule has 0 amide bonds. The van der Waals surface area contributed by atoms with Gasteiger partial charge in [0.15, 0.2) is 0 Å². The Morgan fingerprint density at radius 2 is 0.974 bits per heavy atom. The van der Waals surface area contributed by atoms with E-state index in [9.17, 15) is 0 Å². The van der Waals surface area contributed by atoms with E-state index in [2.05, 4.69) is 114 Å². The van der Waals surface area contributed by atoms with Crippen molar-refractivity contribution in [1.29, 1.82) is 0 Å². The van der Waals surface area contributed by atoms with Crippen molar-refractivity contribution in [3.8, 4) is 0 Å². The van der Waals surface area contributed by atoms with Crippen LogP contribution in [0.2, 0.25) is 36.3 Å². The summed E-state index contributed by atoms with van der Waals surface area (Å²) in [5.41, 5.74) is 7.46. The summed E-state index contributed by atoms with van der Waals surface area (Å²) < 4.78 is 12.3. The van der Waals surface area contributed by atoms with Crippen LogP contribution in [-0.2, 0) is 21.9 Å². The normalized spacial score (nSPS) is 18.2. The molecule has 0 saturated heterocycles. The number of fused-ring (bicyclic) bond motifs is 2. The SMILES string of the molecule is CC(C)(C)[Si](C)(C)O/N=C1\CCc2cc(SSc3ccc4c(c3)CC/C4=N\O[Si](C)(C)C(C)(C)C)ccc21. The van der Waals surface area contributed by atoms with Crippen LogP contribution < -0.4 is 0 Å². The molecule has 206 valence electrons. The number of hydrogen-bond acceptors (Lipinski definition) is 6. The van der Waals surface area contributed by atoms with Crippen molar-refractivity contribution in [3.63, 3.8) is 0 Å². The Morgan fingerprint density at radius 1 is 0.605 bits per heavy atom. The van der Waals surface area contributed by atoms with E-state index in [-0.39, 0.29) is 10.1 Å². The Bertz CT molecular complexity index is 1160. The highest BCUT2D eigenvalue weighted by atomic mass is 33.1. The Balaban J connectivity index is 1.39. The van der Waals surface area contributed by atoms with Gasteiger partial charge in [-0.25, -0.2) is 0 Å². The maximum Gasteiger partial charge on any atom is 0.286 e. The van der Waals surface area contributed by atoms with Crippen molar-refractivity contribution >= 4 is 49.6 Å². The number of hydrogen-bond donors (Lipinski definition) is 0. The zero-order valence-electron chi connectivity index (χ0n) is 24.8. The zero-order valence-corrected chi connectivity index (χ0v) is 28.5. The van der Waals surface area contributed by atoms with Crippen molar-refractivity contribution in [2.45, 2.75) is 113 Å². The lowest BCUT2D eigenvalue weighted by Crippen LogP contribution is -2.39. The third-order valence-electron chi connectivity index (χ3n) is 8.65. The fourth-order valence-corrected chi connectivity index (χ4v) is 7.14. The van der Waals surface area contributed by atoms with Crippen LogP contribution in [0.25, 0.3) is 0 Å². The van der Waals surface area contributed by atoms with Crippen LogP contribution in [0.1, 0.15) is 76.6 Å². The minimum atomic E-state index is -1.90. The maximum absolute atomic E-state index is 6.16. The molecular formula is C30H44N2O2S2Si2. The average Bonchev–Trinajstić information content (AvgIpc) is 3.42. The minimum absolute atomic E-state index is 0.153. The monoisotopic (exact) mass is 584 g/mol. The van der Waals surface area contributed by atoms with Crippen LogP contribution in [0.4, 0.5) is 0 Å². The number of nitrogens with zero attached hydrogens (tertiary/aromatic N) is 2. The molecule has 0 heterocycles. The zero-order chi connectivity index (χ0) is 27.9. The number of rotatable bonds is 7. The Hall–Kier alpha value is -1.49. The lowest BCUT2D eigenvalue weighted by atomic mass is 10.1. The summed E-state index contributed by atoms with van der Waals surface area (Å²) in [4.78, 5) is 2.57. The summed E-state index contributed by atoms with van der Waals surface area (Å²) in [6.45, 7) is 22.5. The maximum atomic E-state index is 6.16. The van der Waals surface area contributed by atoms with Crippen molar-refractivity contribution in [1.82, 2.24) is 0 Å². The molecule has 0 bridgehead atoms. The van der Waals surface area contributed by atoms with Gasteiger partial charge in [-0.2, -0.15) is 0 Å². The molecule has 8 heteroatoms. The van der Waals surface area contributed by atoms with Gasteiger partial charge in [-0.3, -0.25) is 0 Å². The predicted molar refractivity (Wildman–Crippen MR) is 171 cm³/mol. The Kier molecular flexibility index (Phi) is 8.40. The van der Waals surface area contributed by atoms with Crippen molar-refractivity contribution in [3.05, 3.63) is 58.7 Å². The average molecular weight is 585 g/mol. The second-order valence-corrected chi connectivity index (χ2v) is 25.3. The number of oxime groups is 2. The molecule has 2 aromatic rings. The van der Waals surface area contributed by atoms with Gasteiger partial charge in [0, 0.05) is 20.9 Å². The standard InChI is InChI=1S/C30H44N2O2S2Si2/c1-29(2,3)37(7,8)33-31-27-17-11-21-19-23(13-15-25(21)27)35-36-24-14-16-26-22(20-24)12-18-28(26)32-34-38(9,10)30(4,5)6/h13-16,19-20H,11-12,17-18H2,1-10H3/b31-27+,32-28+. The van der Waals surface area contributed by atoms with Crippen molar-refractivity contribution < 1.29 is 9.05 Å². The molecule has 4 rings (SSSR count). The summed E-state index contributed by atoms with van der Waals surface area (Å²) in [6.07, 6.45) is 3.98. The largest absolute Gasteiger partial charge is 0.455 e. The first-order chi connectivity index (χ1) is 17.6. The lowest BCUT2D eigenvalue weighted by molar-refractivity contribution is 0.307. The molecule has 0 aliphatic heterocycles. The van der Waals surface area contributed by atoms with Crippen molar-refractivity contribution in [2.75, 3.05) is 0 Å². The first-order valence-corrected chi connectivity index (χ1v) is 21.7. The molecular weight excluding hydrogens is 541 g/mol. The van der Waals surface area contributed by atoms with E-state index in [1.165, 1.54) is 32.0 Å². The van der Waals surface area contributed by atoms with Crippen LogP contribution in [0.5, 0.6) is 0 Å². The molecule has 0 spiro atoms. The Morgan fingerprint density at radius 3 is 1.32 bits per heavy atom. The third-order valence-corrected chi connectivity index (χ3v) is 19.4. The highest BCUT2D eigenvalue weighted by Crippen LogP contribution is 2.42. The first kappa shape index (κ1) is 29.5. The fraction of sp³-hybridized carbons (Fsp3) is 0.533. The molecule has 2 aliphatic rings. The lowest BCUT2D eigenvalue weighted by Gasteiger charge is -2.33. The second-order valence-electron chi connectivity index (χ2n) is 13.6. The van der Waals surface area contributed by atoms with Gasteiger partial charge in [-0.05, 0) is 97.3 Å². The van der Waals surface area contributed by atoms with Gasteiger partial charge < -0.3 is 9.05 Å². The topological polar surface area (TPSA) is 43.2 Å². The van der Waals surface area contributed by atoms with E-state index in [0.29, 0.717) is 0 Å². The van der Waals surface area contributed by atoms with Crippen LogP contribution in [0.3, 0.4) is 0 Å². The third kappa shape index (κ3) is 6.45. The summed E-state index contributed by atoms with van der Waals surface area (Å²) in [5.74, 6) is 0. The molecule has 0 fully saturated rings. The van der Waals surface area contributed by atoms with E-state index >= 15 is 0 Å². The van der Waals surface area contributed by atoms with Crippen LogP contribution in [0.15, 0.2) is 56.5 Å². The van der Waals surface area contributed by atoms with E-state index in [0.717, 1.165) is 37.1 Å². The summed E-state index contributed by atoms with van der Waals surface area (Å²) >= 11 is 0. The second kappa shape index (κ2) is 10.8. The highest BCUT2D eigenvalue weighted by molar-refractivity contribution is 8.76. The Labute approximate surface area is 240 Å². The molecule has 38 heavy (non-hydrogen) atoms. The molecule has 0 saturated carbocycles. The molecule has 2 aliphatic carbocycles. The molecule has 4 nitrogen and oxygen atoms in total. The number of benzene rings is 2. The fourth-order valence-electron chi connectivity index (χ4n) is 3.89. The van der Waals surface area contributed by atoms with Gasteiger partial charge in [0.05, 0.1) is 11.4 Å². The molecule has 0 unspecified atom stereocenters. The molecule has 0 atom stereocenters. The van der Waals surface area contributed by atoms with Gasteiger partial charge in [0.1, 0.15) is 0 Å². The molecule has 2 aromatic carbocycles. The van der Waals surface area contributed by atoms with Gasteiger partial charge in [0.25, 0.3) is 16.6 Å². The molecule has 0 radical (unpaired) electrons. The van der Waals surface area contributed by atoms with Gasteiger partial charge >= 0.3 is 0 Å². The van der Waals surface area contributed by atoms with E-state index < -0.39 is 16.6 Å². The molecule has 0 aromatic heterocycles. The quantitative estimate of drug-likeness (QED) is 0.184. The van der Waals surface area contributed by atoms with Crippen molar-refractivity contribution in [2.24, 2.45) is 10.3 Å². The molecule has 0 N–H and O–H groups in total. The van der Waals surface area contributed by atoms with Crippen LogP contribution >= 0.6 is 21.6 Å². The van der Waals surface area contributed by atoms with E-state index in [4.69, 9.17) is 9.05 Å². The number of aryl methyl sites for hydroxylation is 2. The predicted octanol–water partition coefficient (Wildman–Crippen LogP) is 9.83. The van der Waals surface area contributed by atoms with Crippen LogP contribution in [-0.4, -0.2) is 28.1 Å². The van der Waals surface area contributed by atoms with Crippen LogP contribution in [0, 0.1) is 0 Å². The minimum Gasteiger partial charge on any atom is -0.455 e. The van der Waals surface area contributed by atoms with Gasteiger partial charge in [0.2, 0.25) is 0 Å². The smallest absolute Gasteiger partial charge is 0.286 e. The summed E-state index contributed by atoms with van der Waals surface area (Å²) in [7, 11) is -0.136.